The molecule has 162 valence electrons. The van der Waals surface area contributed by atoms with Gasteiger partial charge in [0, 0.05) is 18.5 Å². The molecule has 3 aromatic rings. The summed E-state index contributed by atoms with van der Waals surface area (Å²) >= 11 is 0. The molecular weight excluding hydrogens is 420 g/mol. The van der Waals surface area contributed by atoms with Crippen LogP contribution in [0.5, 0.6) is 5.75 Å². The number of nitrogens with zero attached hydrogens (tertiary/aromatic N) is 3. The SMILES string of the molecule is COc1ccc(S(=O)(=O)NCc2nc(-c3cccc(C)c3)no2)cc1N1CCCC1=O. The van der Waals surface area contributed by atoms with Gasteiger partial charge in [-0.3, -0.25) is 4.79 Å². The zero-order valence-corrected chi connectivity index (χ0v) is 18.0. The van der Waals surface area contributed by atoms with E-state index in [4.69, 9.17) is 9.26 Å². The van der Waals surface area contributed by atoms with Gasteiger partial charge in [0.15, 0.2) is 0 Å². The molecule has 0 unspecified atom stereocenters. The summed E-state index contributed by atoms with van der Waals surface area (Å²) in [5.74, 6) is 0.907. The van der Waals surface area contributed by atoms with Crippen molar-refractivity contribution in [3.63, 3.8) is 0 Å². The predicted octanol–water partition coefficient (Wildman–Crippen LogP) is 2.66. The number of carbonyl (C=O) groups is 1. The Kier molecular flexibility index (Phi) is 5.75. The molecule has 2 heterocycles. The van der Waals surface area contributed by atoms with Gasteiger partial charge in [0.1, 0.15) is 5.75 Å². The number of nitrogens with one attached hydrogen (secondary N) is 1. The molecule has 0 spiro atoms. The second kappa shape index (κ2) is 8.48. The number of aromatic nitrogens is 2. The fourth-order valence-electron chi connectivity index (χ4n) is 3.42. The molecule has 0 aliphatic carbocycles. The highest BCUT2D eigenvalue weighted by molar-refractivity contribution is 7.89. The van der Waals surface area contributed by atoms with Crippen LogP contribution in [-0.2, 0) is 21.4 Å². The molecule has 1 aliphatic rings. The number of hydrogen-bond acceptors (Lipinski definition) is 7. The highest BCUT2D eigenvalue weighted by Crippen LogP contribution is 2.33. The van der Waals surface area contributed by atoms with Crippen LogP contribution >= 0.6 is 0 Å². The zero-order valence-electron chi connectivity index (χ0n) is 17.2. The van der Waals surface area contributed by atoms with Gasteiger partial charge in [-0.05, 0) is 37.6 Å². The van der Waals surface area contributed by atoms with E-state index in [1.54, 1.807) is 4.90 Å². The largest absolute Gasteiger partial charge is 0.495 e. The van der Waals surface area contributed by atoms with Crippen molar-refractivity contribution in [3.8, 4) is 17.1 Å². The van der Waals surface area contributed by atoms with Gasteiger partial charge in [-0.1, -0.05) is 28.9 Å². The third kappa shape index (κ3) is 4.44. The molecule has 0 radical (unpaired) electrons. The van der Waals surface area contributed by atoms with E-state index < -0.39 is 10.0 Å². The molecule has 1 amide bonds. The monoisotopic (exact) mass is 442 g/mol. The lowest BCUT2D eigenvalue weighted by Gasteiger charge is -2.20. The number of aryl methyl sites for hydroxylation is 1. The molecule has 1 N–H and O–H groups in total. The molecule has 1 aromatic heterocycles. The molecule has 0 saturated carbocycles. The van der Waals surface area contributed by atoms with E-state index in [1.165, 1.54) is 25.3 Å². The molecule has 0 bridgehead atoms. The quantitative estimate of drug-likeness (QED) is 0.598. The number of ether oxygens (including phenoxy) is 1. The van der Waals surface area contributed by atoms with Crippen LogP contribution in [-0.4, -0.2) is 38.1 Å². The van der Waals surface area contributed by atoms with Crippen molar-refractivity contribution in [2.45, 2.75) is 31.2 Å². The lowest BCUT2D eigenvalue weighted by Crippen LogP contribution is -2.26. The first kappa shape index (κ1) is 21.0. The molecular formula is C21H22N4O5S. The maximum absolute atomic E-state index is 12.8. The standard InChI is InChI=1S/C21H22N4O5S/c1-14-5-3-6-15(11-14)21-23-19(30-24-21)13-22-31(27,28)16-8-9-18(29-2)17(12-16)25-10-4-7-20(25)26/h3,5-6,8-9,11-12,22H,4,7,10,13H2,1-2H3. The fourth-order valence-corrected chi connectivity index (χ4v) is 4.41. The Balaban J connectivity index is 1.52. The van der Waals surface area contributed by atoms with E-state index >= 15 is 0 Å². The van der Waals surface area contributed by atoms with E-state index in [1.807, 2.05) is 31.2 Å². The summed E-state index contributed by atoms with van der Waals surface area (Å²) in [5.41, 5.74) is 2.27. The summed E-state index contributed by atoms with van der Waals surface area (Å²) in [6, 6.07) is 12.0. The normalized spacial score (nSPS) is 14.3. The van der Waals surface area contributed by atoms with Crippen molar-refractivity contribution >= 4 is 21.6 Å². The van der Waals surface area contributed by atoms with Gasteiger partial charge in [0.2, 0.25) is 27.6 Å². The molecule has 9 nitrogen and oxygen atoms in total. The number of methoxy groups -OCH3 is 1. The number of amides is 1. The lowest BCUT2D eigenvalue weighted by atomic mass is 10.1. The minimum absolute atomic E-state index is 0.0152. The summed E-state index contributed by atoms with van der Waals surface area (Å²) in [7, 11) is -2.41. The lowest BCUT2D eigenvalue weighted by molar-refractivity contribution is -0.117. The maximum atomic E-state index is 12.8. The third-order valence-corrected chi connectivity index (χ3v) is 6.38. The topological polar surface area (TPSA) is 115 Å². The Morgan fingerprint density at radius 1 is 1.23 bits per heavy atom. The average molecular weight is 442 g/mol. The number of rotatable bonds is 7. The predicted molar refractivity (Wildman–Crippen MR) is 113 cm³/mol. The van der Waals surface area contributed by atoms with Crippen LogP contribution in [0.1, 0.15) is 24.3 Å². The van der Waals surface area contributed by atoms with Crippen LogP contribution in [0.2, 0.25) is 0 Å². The molecule has 4 rings (SSSR count). The van der Waals surface area contributed by atoms with Crippen LogP contribution in [0, 0.1) is 6.92 Å². The maximum Gasteiger partial charge on any atom is 0.242 e. The Bertz CT molecular complexity index is 1220. The van der Waals surface area contributed by atoms with Crippen LogP contribution in [0.4, 0.5) is 5.69 Å². The number of sulfonamides is 1. The number of carbonyl (C=O) groups excluding carboxylic acids is 1. The Morgan fingerprint density at radius 3 is 2.77 bits per heavy atom. The Labute approximate surface area is 180 Å². The van der Waals surface area contributed by atoms with Gasteiger partial charge in [0.25, 0.3) is 0 Å². The molecule has 2 aromatic carbocycles. The summed E-state index contributed by atoms with van der Waals surface area (Å²) in [5, 5.41) is 3.92. The number of benzene rings is 2. The number of anilines is 1. The van der Waals surface area contributed by atoms with Gasteiger partial charge in [-0.15, -0.1) is 0 Å². The molecule has 1 saturated heterocycles. The smallest absolute Gasteiger partial charge is 0.242 e. The highest BCUT2D eigenvalue weighted by Gasteiger charge is 2.26. The van der Waals surface area contributed by atoms with Gasteiger partial charge in [-0.2, -0.15) is 4.98 Å². The van der Waals surface area contributed by atoms with E-state index in [9.17, 15) is 13.2 Å². The average Bonchev–Trinajstić information content (AvgIpc) is 3.41. The van der Waals surface area contributed by atoms with E-state index in [0.717, 1.165) is 17.5 Å². The number of hydrogen-bond donors (Lipinski definition) is 1. The second-order valence-corrected chi connectivity index (χ2v) is 8.96. The Hall–Kier alpha value is -3.24. The second-order valence-electron chi connectivity index (χ2n) is 7.19. The van der Waals surface area contributed by atoms with Crippen LogP contribution in [0.25, 0.3) is 11.4 Å². The van der Waals surface area contributed by atoms with E-state index in [2.05, 4.69) is 14.9 Å². The van der Waals surface area contributed by atoms with Gasteiger partial charge < -0.3 is 14.2 Å². The van der Waals surface area contributed by atoms with Crippen molar-refractivity contribution < 1.29 is 22.5 Å². The van der Waals surface area contributed by atoms with Crippen molar-refractivity contribution in [2.75, 3.05) is 18.6 Å². The van der Waals surface area contributed by atoms with E-state index in [0.29, 0.717) is 30.2 Å². The first-order valence-electron chi connectivity index (χ1n) is 9.75. The molecule has 31 heavy (non-hydrogen) atoms. The van der Waals surface area contributed by atoms with Gasteiger partial charge in [-0.25, -0.2) is 13.1 Å². The van der Waals surface area contributed by atoms with Crippen molar-refractivity contribution in [2.24, 2.45) is 0 Å². The summed E-state index contributed by atoms with van der Waals surface area (Å²) in [4.78, 5) is 18.0. The summed E-state index contributed by atoms with van der Waals surface area (Å²) in [6.45, 7) is 2.32. The third-order valence-electron chi connectivity index (χ3n) is 4.98. The minimum atomic E-state index is -3.89. The minimum Gasteiger partial charge on any atom is -0.495 e. The first-order chi connectivity index (χ1) is 14.9. The summed E-state index contributed by atoms with van der Waals surface area (Å²) in [6.07, 6.45) is 1.15. The molecule has 1 aliphatic heterocycles. The van der Waals surface area contributed by atoms with E-state index in [-0.39, 0.29) is 23.2 Å². The van der Waals surface area contributed by atoms with Crippen LogP contribution in [0.15, 0.2) is 51.9 Å². The first-order valence-corrected chi connectivity index (χ1v) is 11.2. The fraction of sp³-hybridized carbons (Fsp3) is 0.286. The van der Waals surface area contributed by atoms with Gasteiger partial charge >= 0.3 is 0 Å². The zero-order chi connectivity index (χ0) is 22.0. The van der Waals surface area contributed by atoms with Crippen LogP contribution < -0.4 is 14.4 Å². The molecule has 10 heteroatoms. The van der Waals surface area contributed by atoms with Crippen molar-refractivity contribution in [1.82, 2.24) is 14.9 Å². The van der Waals surface area contributed by atoms with Crippen molar-refractivity contribution in [3.05, 3.63) is 53.9 Å². The van der Waals surface area contributed by atoms with Gasteiger partial charge in [0.05, 0.1) is 24.2 Å². The highest BCUT2D eigenvalue weighted by atomic mass is 32.2. The Morgan fingerprint density at radius 2 is 2.06 bits per heavy atom. The molecule has 1 fully saturated rings. The van der Waals surface area contributed by atoms with Crippen molar-refractivity contribution in [1.29, 1.82) is 0 Å². The summed E-state index contributed by atoms with van der Waals surface area (Å²) < 4.78 is 38.6. The molecule has 0 atom stereocenters. The van der Waals surface area contributed by atoms with Crippen LogP contribution in [0.3, 0.4) is 0 Å².